The molecule has 8 heteroatoms. The second-order valence-corrected chi connectivity index (χ2v) is 10.3. The lowest BCUT2D eigenvalue weighted by Crippen LogP contribution is -2.47. The van der Waals surface area contributed by atoms with E-state index in [0.29, 0.717) is 5.75 Å². The third-order valence-electron chi connectivity index (χ3n) is 5.26. The van der Waals surface area contributed by atoms with Crippen LogP contribution in [-0.4, -0.2) is 41.8 Å². The Kier molecular flexibility index (Phi) is 10.3. The lowest BCUT2D eigenvalue weighted by Gasteiger charge is -2.27. The molecule has 0 bridgehead atoms. The third-order valence-corrected chi connectivity index (χ3v) is 5.26. The molecule has 8 nitrogen and oxygen atoms in total. The minimum Gasteiger partial charge on any atom is -0.476 e. The highest BCUT2D eigenvalue weighted by Crippen LogP contribution is 2.29. The van der Waals surface area contributed by atoms with Gasteiger partial charge in [-0.3, -0.25) is 5.32 Å². The summed E-state index contributed by atoms with van der Waals surface area (Å²) in [7, 11) is 0. The number of rotatable bonds is 11. The van der Waals surface area contributed by atoms with E-state index in [1.54, 1.807) is 41.5 Å². The van der Waals surface area contributed by atoms with Crippen molar-refractivity contribution in [1.29, 1.82) is 0 Å². The monoisotopic (exact) mass is 513 g/mol. The van der Waals surface area contributed by atoms with Crippen LogP contribution in [0.2, 0.25) is 0 Å². The molecule has 1 unspecified atom stereocenters. The van der Waals surface area contributed by atoms with E-state index in [4.69, 9.17) is 18.9 Å². The summed E-state index contributed by atoms with van der Waals surface area (Å²) in [5.74, 6) is -1.31. The van der Waals surface area contributed by atoms with Crippen molar-refractivity contribution in [3.63, 3.8) is 0 Å². The van der Waals surface area contributed by atoms with Crippen molar-refractivity contribution in [2.24, 2.45) is 0 Å². The van der Waals surface area contributed by atoms with Gasteiger partial charge in [-0.25, -0.2) is 14.4 Å². The van der Waals surface area contributed by atoms with Gasteiger partial charge in [0.05, 0.1) is 6.61 Å². The van der Waals surface area contributed by atoms with Gasteiger partial charge < -0.3 is 18.9 Å². The largest absolute Gasteiger partial charge is 0.476 e. The van der Waals surface area contributed by atoms with Crippen molar-refractivity contribution in [3.05, 3.63) is 64.7 Å². The number of benzene rings is 2. The second-order valence-electron chi connectivity index (χ2n) is 10.3. The number of aryl methyl sites for hydroxylation is 2. The van der Waals surface area contributed by atoms with Gasteiger partial charge in [0.1, 0.15) is 18.0 Å². The lowest BCUT2D eigenvalue weighted by molar-refractivity contribution is -0.166. The molecule has 202 valence electrons. The first-order valence-corrected chi connectivity index (χ1v) is 12.4. The Labute approximate surface area is 219 Å². The molecular weight excluding hydrogens is 474 g/mol. The van der Waals surface area contributed by atoms with Gasteiger partial charge in [-0.15, -0.1) is 0 Å². The molecule has 2 rings (SSSR count). The summed E-state index contributed by atoms with van der Waals surface area (Å²) in [6.45, 7) is 14.5. The van der Waals surface area contributed by atoms with E-state index >= 15 is 0 Å². The highest BCUT2D eigenvalue weighted by atomic mass is 16.6. The zero-order valence-corrected chi connectivity index (χ0v) is 23.1. The first-order valence-electron chi connectivity index (χ1n) is 12.4. The van der Waals surface area contributed by atoms with E-state index in [1.807, 2.05) is 56.3 Å². The Bertz CT molecular complexity index is 1060. The van der Waals surface area contributed by atoms with E-state index < -0.39 is 35.2 Å². The molecular formula is C29H39NO7. The zero-order valence-electron chi connectivity index (χ0n) is 23.1. The van der Waals surface area contributed by atoms with E-state index in [1.165, 1.54) is 0 Å². The Morgan fingerprint density at radius 3 is 2.00 bits per heavy atom. The maximum atomic E-state index is 12.9. The number of carbonyl (C=O) groups excluding carboxylic acids is 3. The molecule has 0 radical (unpaired) electrons. The Morgan fingerprint density at radius 2 is 1.46 bits per heavy atom. The van der Waals surface area contributed by atoms with Crippen LogP contribution < -0.4 is 10.1 Å². The predicted octanol–water partition coefficient (Wildman–Crippen LogP) is 4.57. The molecule has 0 aliphatic heterocycles. The number of hydrogen-bond donors (Lipinski definition) is 1. The molecule has 0 amide bonds. The minimum atomic E-state index is -1.30. The first kappa shape index (κ1) is 29.8. The number of hydrogen-bond acceptors (Lipinski definition) is 8. The van der Waals surface area contributed by atoms with Crippen LogP contribution in [-0.2, 0) is 41.7 Å². The van der Waals surface area contributed by atoms with Crippen molar-refractivity contribution >= 4 is 17.9 Å². The smallest absolute Gasteiger partial charge is 0.349 e. The molecule has 0 aromatic heterocycles. The Hall–Kier alpha value is -3.39. The molecule has 0 heterocycles. The fourth-order valence-electron chi connectivity index (χ4n) is 3.56. The van der Waals surface area contributed by atoms with Crippen LogP contribution in [0.15, 0.2) is 42.5 Å². The lowest BCUT2D eigenvalue weighted by atomic mass is 10.0. The zero-order chi connectivity index (χ0) is 27.8. The summed E-state index contributed by atoms with van der Waals surface area (Å²) in [6, 6.07) is 11.7. The van der Waals surface area contributed by atoms with E-state index in [9.17, 15) is 14.4 Å². The molecule has 2 aromatic carbocycles. The molecule has 0 saturated heterocycles. The van der Waals surface area contributed by atoms with Crippen LogP contribution in [0.4, 0.5) is 0 Å². The average Bonchev–Trinajstić information content (AvgIpc) is 2.80. The molecule has 2 aromatic rings. The van der Waals surface area contributed by atoms with Gasteiger partial charge in [0, 0.05) is 6.54 Å². The van der Waals surface area contributed by atoms with E-state index in [-0.39, 0.29) is 19.8 Å². The molecule has 0 spiro atoms. The standard InChI is InChI=1S/C29H39NO7/c1-9-34-27(33)29(7,8)36-24-19(2)15-22(16-20(24)3)17-30-23(26(32)37-28(4,5)6)25(31)35-18-21-13-11-10-12-14-21/h10-16,23,30H,9,17-18H2,1-8H3. The fourth-order valence-corrected chi connectivity index (χ4v) is 3.56. The quantitative estimate of drug-likeness (QED) is 0.265. The van der Waals surface area contributed by atoms with Crippen molar-refractivity contribution in [3.8, 4) is 5.75 Å². The highest BCUT2D eigenvalue weighted by Gasteiger charge is 2.34. The summed E-state index contributed by atoms with van der Waals surface area (Å²) in [5.41, 5.74) is 1.31. The summed E-state index contributed by atoms with van der Waals surface area (Å²) in [6.07, 6.45) is 0. The number of nitrogens with one attached hydrogen (secondary N) is 1. The maximum absolute atomic E-state index is 12.9. The van der Waals surface area contributed by atoms with Gasteiger partial charge in [-0.05, 0) is 77.6 Å². The third kappa shape index (κ3) is 9.21. The number of esters is 3. The summed E-state index contributed by atoms with van der Waals surface area (Å²) >= 11 is 0. The van der Waals surface area contributed by atoms with Gasteiger partial charge in [-0.1, -0.05) is 42.5 Å². The minimum absolute atomic E-state index is 0.0428. The summed E-state index contributed by atoms with van der Waals surface area (Å²) in [4.78, 5) is 38.0. The van der Waals surface area contributed by atoms with Crippen molar-refractivity contribution in [2.45, 2.75) is 85.8 Å². The van der Waals surface area contributed by atoms with Crippen LogP contribution in [0.1, 0.15) is 63.8 Å². The van der Waals surface area contributed by atoms with Gasteiger partial charge in [0.15, 0.2) is 5.60 Å². The first-order chi connectivity index (χ1) is 17.2. The van der Waals surface area contributed by atoms with Crippen molar-refractivity contribution < 1.29 is 33.3 Å². The Morgan fingerprint density at radius 1 is 0.865 bits per heavy atom. The molecule has 1 atom stereocenters. The van der Waals surface area contributed by atoms with Crippen LogP contribution in [0, 0.1) is 13.8 Å². The topological polar surface area (TPSA) is 100 Å². The molecule has 0 fully saturated rings. The molecule has 1 N–H and O–H groups in total. The van der Waals surface area contributed by atoms with Crippen LogP contribution in [0.25, 0.3) is 0 Å². The van der Waals surface area contributed by atoms with Gasteiger partial charge in [0.25, 0.3) is 0 Å². The van der Waals surface area contributed by atoms with Gasteiger partial charge >= 0.3 is 17.9 Å². The number of ether oxygens (including phenoxy) is 4. The molecule has 0 aliphatic rings. The number of carbonyl (C=O) groups is 3. The van der Waals surface area contributed by atoms with Gasteiger partial charge in [0.2, 0.25) is 6.04 Å². The molecule has 0 saturated carbocycles. The average molecular weight is 514 g/mol. The summed E-state index contributed by atoms with van der Waals surface area (Å²) < 4.78 is 22.0. The predicted molar refractivity (Wildman–Crippen MR) is 140 cm³/mol. The van der Waals surface area contributed by atoms with Crippen LogP contribution >= 0.6 is 0 Å². The molecule has 37 heavy (non-hydrogen) atoms. The fraction of sp³-hybridized carbons (Fsp3) is 0.483. The van der Waals surface area contributed by atoms with E-state index in [0.717, 1.165) is 22.3 Å². The Balaban J connectivity index is 2.17. The SMILES string of the molecule is CCOC(=O)C(C)(C)Oc1c(C)cc(CNC(C(=O)OCc2ccccc2)C(=O)OC(C)(C)C)cc1C. The van der Waals surface area contributed by atoms with Crippen molar-refractivity contribution in [2.75, 3.05) is 6.61 Å². The normalized spacial score (nSPS) is 12.4. The van der Waals surface area contributed by atoms with Crippen LogP contribution in [0.3, 0.4) is 0 Å². The van der Waals surface area contributed by atoms with Crippen molar-refractivity contribution in [1.82, 2.24) is 5.32 Å². The van der Waals surface area contributed by atoms with E-state index in [2.05, 4.69) is 5.32 Å². The second kappa shape index (κ2) is 12.7. The van der Waals surface area contributed by atoms with Gasteiger partial charge in [-0.2, -0.15) is 0 Å². The maximum Gasteiger partial charge on any atom is 0.349 e. The van der Waals surface area contributed by atoms with Crippen LogP contribution in [0.5, 0.6) is 5.75 Å². The molecule has 0 aliphatic carbocycles. The summed E-state index contributed by atoms with van der Waals surface area (Å²) in [5, 5.41) is 2.99. The highest BCUT2D eigenvalue weighted by molar-refractivity contribution is 5.99.